The highest BCUT2D eigenvalue weighted by molar-refractivity contribution is 8.00. The first-order valence-corrected chi connectivity index (χ1v) is 9.07. The van der Waals surface area contributed by atoms with Gasteiger partial charge in [0, 0.05) is 17.0 Å². The van der Waals surface area contributed by atoms with Crippen LogP contribution < -0.4 is 21.5 Å². The SMILES string of the molecule is CC(C)NC(=O)CSc1ccccc1C(=O)NNC(=S)NC(C)C. The number of hydrogen-bond acceptors (Lipinski definition) is 4. The fourth-order valence-electron chi connectivity index (χ4n) is 1.77. The lowest BCUT2D eigenvalue weighted by Crippen LogP contribution is -2.48. The van der Waals surface area contributed by atoms with Crippen LogP contribution in [0.2, 0.25) is 0 Å². The van der Waals surface area contributed by atoms with Gasteiger partial charge in [-0.25, -0.2) is 0 Å². The van der Waals surface area contributed by atoms with Crippen LogP contribution in [0.15, 0.2) is 29.2 Å². The molecule has 0 saturated carbocycles. The third-order valence-corrected chi connectivity index (χ3v) is 3.94. The summed E-state index contributed by atoms with van der Waals surface area (Å²) < 4.78 is 0. The highest BCUT2D eigenvalue weighted by Crippen LogP contribution is 2.22. The molecule has 132 valence electrons. The molecule has 6 nitrogen and oxygen atoms in total. The molecule has 8 heteroatoms. The Labute approximate surface area is 152 Å². The van der Waals surface area contributed by atoms with E-state index in [1.54, 1.807) is 12.1 Å². The number of thiocarbonyl (C=S) groups is 1. The molecule has 0 aliphatic heterocycles. The number of hydrogen-bond donors (Lipinski definition) is 4. The summed E-state index contributed by atoms with van der Waals surface area (Å²) in [6.07, 6.45) is 0. The molecule has 1 aromatic carbocycles. The Hall–Kier alpha value is -1.80. The Morgan fingerprint density at radius 3 is 2.29 bits per heavy atom. The Morgan fingerprint density at radius 2 is 1.67 bits per heavy atom. The zero-order valence-corrected chi connectivity index (χ0v) is 15.9. The molecule has 24 heavy (non-hydrogen) atoms. The lowest BCUT2D eigenvalue weighted by molar-refractivity contribution is -0.119. The van der Waals surface area contributed by atoms with Gasteiger partial charge in [0.15, 0.2) is 5.11 Å². The monoisotopic (exact) mass is 368 g/mol. The van der Waals surface area contributed by atoms with Crippen LogP contribution in [-0.2, 0) is 4.79 Å². The molecule has 2 amide bonds. The van der Waals surface area contributed by atoms with Crippen LogP contribution in [0.25, 0.3) is 0 Å². The van der Waals surface area contributed by atoms with Crippen molar-refractivity contribution in [3.8, 4) is 0 Å². The second-order valence-corrected chi connectivity index (χ2v) is 7.14. The van der Waals surface area contributed by atoms with Crippen LogP contribution in [0.5, 0.6) is 0 Å². The molecule has 1 aromatic rings. The number of nitrogens with one attached hydrogen (secondary N) is 4. The summed E-state index contributed by atoms with van der Waals surface area (Å²) in [5.74, 6) is -0.121. The highest BCUT2D eigenvalue weighted by atomic mass is 32.2. The average molecular weight is 369 g/mol. The molecular formula is C16H24N4O2S2. The largest absolute Gasteiger partial charge is 0.359 e. The van der Waals surface area contributed by atoms with Crippen LogP contribution in [0, 0.1) is 0 Å². The summed E-state index contributed by atoms with van der Waals surface area (Å²) in [4.78, 5) is 24.8. The Kier molecular flexibility index (Phi) is 8.56. The standard InChI is InChI=1S/C16H24N4O2S2/c1-10(2)17-14(21)9-24-13-8-6-5-7-12(13)15(22)19-20-16(23)18-11(3)4/h5-8,10-11H,9H2,1-4H3,(H,17,21)(H,19,22)(H2,18,20,23). The van der Waals surface area contributed by atoms with E-state index in [0.29, 0.717) is 10.7 Å². The topological polar surface area (TPSA) is 82.3 Å². The van der Waals surface area contributed by atoms with E-state index in [1.807, 2.05) is 39.8 Å². The molecule has 0 bridgehead atoms. The van der Waals surface area contributed by atoms with Crippen LogP contribution in [0.3, 0.4) is 0 Å². The predicted molar refractivity (Wildman–Crippen MR) is 102 cm³/mol. The molecule has 0 fully saturated rings. The summed E-state index contributed by atoms with van der Waals surface area (Å²) in [6.45, 7) is 7.71. The van der Waals surface area contributed by atoms with E-state index in [4.69, 9.17) is 12.2 Å². The molecule has 4 N–H and O–H groups in total. The van der Waals surface area contributed by atoms with Crippen molar-refractivity contribution in [1.29, 1.82) is 0 Å². The van der Waals surface area contributed by atoms with Gasteiger partial charge < -0.3 is 10.6 Å². The number of hydrazine groups is 1. The van der Waals surface area contributed by atoms with Crippen LogP contribution in [0.1, 0.15) is 38.1 Å². The van der Waals surface area contributed by atoms with Gasteiger partial charge in [-0.3, -0.25) is 20.4 Å². The Balaban J connectivity index is 2.63. The van der Waals surface area contributed by atoms with Gasteiger partial charge in [-0.05, 0) is 52.0 Å². The third-order valence-electron chi connectivity index (χ3n) is 2.65. The minimum absolute atomic E-state index is 0.0642. The molecule has 1 rings (SSSR count). The normalized spacial score (nSPS) is 10.4. The zero-order chi connectivity index (χ0) is 18.1. The summed E-state index contributed by atoms with van der Waals surface area (Å²) in [5.41, 5.74) is 5.71. The van der Waals surface area contributed by atoms with Crippen LogP contribution in [0.4, 0.5) is 0 Å². The van der Waals surface area contributed by atoms with E-state index >= 15 is 0 Å². The summed E-state index contributed by atoms with van der Waals surface area (Å²) in [7, 11) is 0. The third kappa shape index (κ3) is 7.65. The number of carbonyl (C=O) groups excluding carboxylic acids is 2. The summed E-state index contributed by atoms with van der Waals surface area (Å²) >= 11 is 6.38. The predicted octanol–water partition coefficient (Wildman–Crippen LogP) is 1.82. The van der Waals surface area contributed by atoms with Crippen molar-refractivity contribution < 1.29 is 9.59 Å². The quantitative estimate of drug-likeness (QED) is 0.348. The van der Waals surface area contributed by atoms with Crippen molar-refractivity contribution in [3.05, 3.63) is 29.8 Å². The first-order valence-electron chi connectivity index (χ1n) is 7.67. The fraction of sp³-hybridized carbons (Fsp3) is 0.438. The van der Waals surface area contributed by atoms with Crippen molar-refractivity contribution in [1.82, 2.24) is 21.5 Å². The van der Waals surface area contributed by atoms with E-state index in [1.165, 1.54) is 11.8 Å². The molecule has 0 heterocycles. The number of benzene rings is 1. The van der Waals surface area contributed by atoms with Crippen molar-refractivity contribution in [2.75, 3.05) is 5.75 Å². The molecule has 0 radical (unpaired) electrons. The summed E-state index contributed by atoms with van der Waals surface area (Å²) in [6, 6.07) is 7.39. The first kappa shape index (κ1) is 20.2. The second kappa shape index (κ2) is 10.1. The molecule has 0 saturated heterocycles. The van der Waals surface area contributed by atoms with Gasteiger partial charge in [0.1, 0.15) is 0 Å². The van der Waals surface area contributed by atoms with Gasteiger partial charge in [0.05, 0.1) is 11.3 Å². The van der Waals surface area contributed by atoms with Crippen molar-refractivity contribution >= 4 is 40.9 Å². The molecule has 0 spiro atoms. The zero-order valence-electron chi connectivity index (χ0n) is 14.3. The van der Waals surface area contributed by atoms with Gasteiger partial charge >= 0.3 is 0 Å². The minimum Gasteiger partial charge on any atom is -0.359 e. The van der Waals surface area contributed by atoms with E-state index in [9.17, 15) is 9.59 Å². The maximum atomic E-state index is 12.3. The minimum atomic E-state index is -0.310. The first-order chi connectivity index (χ1) is 11.3. The maximum absolute atomic E-state index is 12.3. The number of amides is 2. The average Bonchev–Trinajstić information content (AvgIpc) is 2.49. The van der Waals surface area contributed by atoms with Crippen molar-refractivity contribution in [3.63, 3.8) is 0 Å². The molecule has 0 atom stereocenters. The molecule has 0 unspecified atom stereocenters. The summed E-state index contributed by atoms with van der Waals surface area (Å²) in [5, 5.41) is 6.14. The molecule has 0 aliphatic rings. The van der Waals surface area contributed by atoms with E-state index in [2.05, 4.69) is 21.5 Å². The molecule has 0 aliphatic carbocycles. The van der Waals surface area contributed by atoms with E-state index < -0.39 is 0 Å². The fourth-order valence-corrected chi connectivity index (χ4v) is 2.91. The number of carbonyl (C=O) groups is 2. The van der Waals surface area contributed by atoms with Gasteiger partial charge in [-0.1, -0.05) is 12.1 Å². The van der Waals surface area contributed by atoms with Crippen molar-refractivity contribution in [2.24, 2.45) is 0 Å². The maximum Gasteiger partial charge on any atom is 0.270 e. The lowest BCUT2D eigenvalue weighted by Gasteiger charge is -2.15. The van der Waals surface area contributed by atoms with Gasteiger partial charge in [-0.15, -0.1) is 11.8 Å². The van der Waals surface area contributed by atoms with Gasteiger partial charge in [-0.2, -0.15) is 0 Å². The second-order valence-electron chi connectivity index (χ2n) is 5.71. The Bertz CT molecular complexity index is 591. The van der Waals surface area contributed by atoms with Gasteiger partial charge in [0.2, 0.25) is 5.91 Å². The van der Waals surface area contributed by atoms with E-state index in [-0.39, 0.29) is 29.7 Å². The lowest BCUT2D eigenvalue weighted by atomic mass is 10.2. The van der Waals surface area contributed by atoms with Crippen LogP contribution >= 0.6 is 24.0 Å². The van der Waals surface area contributed by atoms with Crippen molar-refractivity contribution in [2.45, 2.75) is 44.7 Å². The number of rotatable bonds is 6. The van der Waals surface area contributed by atoms with Gasteiger partial charge in [0.25, 0.3) is 5.91 Å². The Morgan fingerprint density at radius 1 is 1.04 bits per heavy atom. The number of thioether (sulfide) groups is 1. The molecule has 0 aromatic heterocycles. The van der Waals surface area contributed by atoms with Crippen LogP contribution in [-0.4, -0.2) is 34.8 Å². The van der Waals surface area contributed by atoms with E-state index in [0.717, 1.165) is 4.90 Å². The molecular weight excluding hydrogens is 344 g/mol. The highest BCUT2D eigenvalue weighted by Gasteiger charge is 2.13. The smallest absolute Gasteiger partial charge is 0.270 e.